The van der Waals surface area contributed by atoms with Crippen LogP contribution in [0.4, 0.5) is 10.1 Å². The minimum Gasteiger partial charge on any atom is -0.421 e. The van der Waals surface area contributed by atoms with Gasteiger partial charge in [-0.1, -0.05) is 6.07 Å². The number of rotatable bonds is 2. The summed E-state index contributed by atoms with van der Waals surface area (Å²) in [5.41, 5.74) is 1.82. The minimum absolute atomic E-state index is 0.0285. The Hall–Kier alpha value is -3.09. The van der Waals surface area contributed by atoms with Gasteiger partial charge >= 0.3 is 0 Å². The molecule has 2 heterocycles. The first kappa shape index (κ1) is 17.7. The Morgan fingerprint density at radius 1 is 1.23 bits per heavy atom. The number of halogens is 1. The topological polar surface area (TPSA) is 90.1 Å². The molecule has 0 unspecified atom stereocenters. The number of hydrogen-bond donors (Lipinski definition) is 2. The summed E-state index contributed by atoms with van der Waals surface area (Å²) < 4.78 is 19.1. The van der Waals surface area contributed by atoms with Gasteiger partial charge in [0.05, 0.1) is 17.2 Å². The first-order chi connectivity index (χ1) is 12.1. The Bertz CT molecular complexity index is 953. The van der Waals surface area contributed by atoms with Gasteiger partial charge in [-0.25, -0.2) is 4.39 Å². The number of pyridine rings is 1. The Kier molecular flexibility index (Phi) is 4.10. The summed E-state index contributed by atoms with van der Waals surface area (Å²) in [5, 5.41) is 16.0. The number of carbonyl (C=O) groups excluding carboxylic acids is 1. The van der Waals surface area contributed by atoms with Gasteiger partial charge in [-0.3, -0.25) is 20.6 Å². The Balaban J connectivity index is 1.87. The van der Waals surface area contributed by atoms with E-state index in [-0.39, 0.29) is 17.4 Å². The van der Waals surface area contributed by atoms with Crippen LogP contribution in [-0.4, -0.2) is 29.7 Å². The first-order valence-electron chi connectivity index (χ1n) is 8.03. The molecule has 0 saturated heterocycles. The number of likely N-dealkylation sites (N-methyl/N-ethyl adjacent to an activating group) is 1. The summed E-state index contributed by atoms with van der Waals surface area (Å²) in [6, 6.07) is 6.51. The van der Waals surface area contributed by atoms with Crippen molar-refractivity contribution in [3.05, 3.63) is 58.7 Å². The van der Waals surface area contributed by atoms with Crippen molar-refractivity contribution in [1.29, 1.82) is 10.8 Å². The molecule has 1 aromatic carbocycles. The largest absolute Gasteiger partial charge is 0.421 e. The molecular formula is C19H19FN4O2. The average molecular weight is 354 g/mol. The van der Waals surface area contributed by atoms with Gasteiger partial charge in [0.15, 0.2) is 5.82 Å². The summed E-state index contributed by atoms with van der Waals surface area (Å²) in [4.78, 5) is 17.7. The van der Waals surface area contributed by atoms with E-state index in [1.807, 2.05) is 13.8 Å². The van der Waals surface area contributed by atoms with Gasteiger partial charge < -0.3 is 9.64 Å². The van der Waals surface area contributed by atoms with Crippen molar-refractivity contribution >= 4 is 23.4 Å². The van der Waals surface area contributed by atoms with E-state index in [1.54, 1.807) is 37.1 Å². The molecule has 0 atom stereocenters. The van der Waals surface area contributed by atoms with E-state index in [0.717, 1.165) is 11.8 Å². The fraction of sp³-hybridized carbons (Fsp3) is 0.263. The molecule has 7 heteroatoms. The first-order valence-corrected chi connectivity index (χ1v) is 8.03. The lowest BCUT2D eigenvalue weighted by Gasteiger charge is -2.16. The maximum atomic E-state index is 13.8. The summed E-state index contributed by atoms with van der Waals surface area (Å²) in [5.74, 6) is -1.48. The van der Waals surface area contributed by atoms with Crippen molar-refractivity contribution in [2.75, 3.05) is 11.9 Å². The third kappa shape index (κ3) is 2.75. The zero-order valence-electron chi connectivity index (χ0n) is 15.0. The molecule has 2 aromatic rings. The molecule has 3 rings (SSSR count). The van der Waals surface area contributed by atoms with Crippen molar-refractivity contribution in [3.63, 3.8) is 0 Å². The van der Waals surface area contributed by atoms with E-state index in [4.69, 9.17) is 15.6 Å². The number of fused-ring (bicyclic) bond motifs is 1. The molecule has 0 fully saturated rings. The second kappa shape index (κ2) is 6.01. The van der Waals surface area contributed by atoms with Crippen LogP contribution in [0.1, 0.15) is 36.2 Å². The quantitative estimate of drug-likeness (QED) is 0.641. The predicted molar refractivity (Wildman–Crippen MR) is 96.6 cm³/mol. The summed E-state index contributed by atoms with van der Waals surface area (Å²) in [6.07, 6.45) is 1.02. The van der Waals surface area contributed by atoms with Crippen LogP contribution in [0.25, 0.3) is 0 Å². The molecule has 2 N–H and O–H groups in total. The molecule has 0 spiro atoms. The van der Waals surface area contributed by atoms with E-state index >= 15 is 0 Å². The lowest BCUT2D eigenvalue weighted by molar-refractivity contribution is -0.121. The highest BCUT2D eigenvalue weighted by molar-refractivity contribution is 6.09. The number of carbonyl (C=O) groups is 1. The normalized spacial score (nSPS) is 15.0. The van der Waals surface area contributed by atoms with Crippen molar-refractivity contribution in [1.82, 2.24) is 4.98 Å². The van der Waals surface area contributed by atoms with E-state index < -0.39 is 17.1 Å². The lowest BCUT2D eigenvalue weighted by atomic mass is 9.86. The molecule has 0 saturated carbocycles. The molecule has 26 heavy (non-hydrogen) atoms. The van der Waals surface area contributed by atoms with Crippen LogP contribution in [-0.2, 0) is 14.9 Å². The molecule has 1 aliphatic rings. The van der Waals surface area contributed by atoms with Crippen LogP contribution in [0.3, 0.4) is 0 Å². The van der Waals surface area contributed by atoms with Crippen molar-refractivity contribution in [2.24, 2.45) is 0 Å². The van der Waals surface area contributed by atoms with Gasteiger partial charge in [-0.05, 0) is 44.5 Å². The van der Waals surface area contributed by atoms with Gasteiger partial charge in [0.2, 0.25) is 17.7 Å². The number of nitrogens with one attached hydrogen (secondary N) is 2. The third-order valence-electron chi connectivity index (χ3n) is 4.57. The molecule has 134 valence electrons. The molecule has 1 aromatic heterocycles. The standard InChI is InChI=1S/C19H19FN4O2/c1-10-7-12(14(20)9-23-10)17(22)26-16(21)11-5-6-13-15(8-11)24(4)18(25)19(13,2)3/h5-9,21-22H,1-4H3. The molecule has 1 aliphatic heterocycles. The Morgan fingerprint density at radius 2 is 1.92 bits per heavy atom. The molecule has 0 bridgehead atoms. The monoisotopic (exact) mass is 354 g/mol. The van der Waals surface area contributed by atoms with Crippen molar-refractivity contribution in [2.45, 2.75) is 26.2 Å². The molecular weight excluding hydrogens is 335 g/mol. The zero-order valence-corrected chi connectivity index (χ0v) is 15.0. The lowest BCUT2D eigenvalue weighted by Crippen LogP contribution is -2.33. The fourth-order valence-corrected chi connectivity index (χ4v) is 3.06. The highest BCUT2D eigenvalue weighted by Gasteiger charge is 2.42. The van der Waals surface area contributed by atoms with Gasteiger partial charge in [0.1, 0.15) is 0 Å². The van der Waals surface area contributed by atoms with E-state index in [0.29, 0.717) is 16.9 Å². The number of anilines is 1. The third-order valence-corrected chi connectivity index (χ3v) is 4.57. The number of nitrogens with zero attached hydrogens (tertiary/aromatic N) is 2. The Labute approximate surface area is 150 Å². The van der Waals surface area contributed by atoms with E-state index in [2.05, 4.69) is 4.98 Å². The fourth-order valence-electron chi connectivity index (χ4n) is 3.06. The number of aryl methyl sites for hydroxylation is 1. The number of aromatic nitrogens is 1. The maximum absolute atomic E-state index is 13.8. The van der Waals surface area contributed by atoms with Crippen LogP contribution in [0, 0.1) is 23.6 Å². The average Bonchev–Trinajstić information content (AvgIpc) is 2.77. The molecule has 0 radical (unpaired) electrons. The highest BCUT2D eigenvalue weighted by atomic mass is 19.1. The predicted octanol–water partition coefficient (Wildman–Crippen LogP) is 3.15. The van der Waals surface area contributed by atoms with Crippen LogP contribution >= 0.6 is 0 Å². The number of ether oxygens (including phenoxy) is 1. The number of amides is 1. The zero-order chi connectivity index (χ0) is 19.2. The maximum Gasteiger partial charge on any atom is 0.236 e. The summed E-state index contributed by atoms with van der Waals surface area (Å²) in [7, 11) is 1.68. The Morgan fingerprint density at radius 3 is 2.62 bits per heavy atom. The highest BCUT2D eigenvalue weighted by Crippen LogP contribution is 2.41. The smallest absolute Gasteiger partial charge is 0.236 e. The molecule has 0 aliphatic carbocycles. The second-order valence-corrected chi connectivity index (χ2v) is 6.79. The number of benzene rings is 1. The van der Waals surface area contributed by atoms with Gasteiger partial charge in [-0.15, -0.1) is 0 Å². The van der Waals surface area contributed by atoms with Crippen LogP contribution in [0.2, 0.25) is 0 Å². The summed E-state index contributed by atoms with van der Waals surface area (Å²) >= 11 is 0. The molecule has 1 amide bonds. The van der Waals surface area contributed by atoms with E-state index in [9.17, 15) is 9.18 Å². The summed E-state index contributed by atoms with van der Waals surface area (Å²) in [6.45, 7) is 5.38. The van der Waals surface area contributed by atoms with Gasteiger partial charge in [0.25, 0.3) is 0 Å². The number of hydrogen-bond acceptors (Lipinski definition) is 5. The van der Waals surface area contributed by atoms with Crippen LogP contribution in [0.5, 0.6) is 0 Å². The van der Waals surface area contributed by atoms with Gasteiger partial charge in [-0.2, -0.15) is 0 Å². The van der Waals surface area contributed by atoms with Gasteiger partial charge in [0, 0.05) is 24.0 Å². The van der Waals surface area contributed by atoms with Crippen LogP contribution in [0.15, 0.2) is 30.5 Å². The minimum atomic E-state index is -0.686. The molecule has 6 nitrogen and oxygen atoms in total. The van der Waals surface area contributed by atoms with Crippen LogP contribution < -0.4 is 4.90 Å². The SMILES string of the molecule is Cc1cc(C(=N)OC(=N)c2ccc3c(c2)N(C)C(=O)C3(C)C)c(F)cn1. The van der Waals surface area contributed by atoms with E-state index in [1.165, 1.54) is 6.07 Å². The van der Waals surface area contributed by atoms with Crippen molar-refractivity contribution < 1.29 is 13.9 Å². The second-order valence-electron chi connectivity index (χ2n) is 6.79. The van der Waals surface area contributed by atoms with Crippen molar-refractivity contribution in [3.8, 4) is 0 Å².